The third-order valence-electron chi connectivity index (χ3n) is 5.66. The van der Waals surface area contributed by atoms with Crippen molar-refractivity contribution in [3.8, 4) is 11.5 Å². The number of hydrogen-bond acceptors (Lipinski definition) is 9. The number of nitrogens with one attached hydrogen (secondary N) is 1. The van der Waals surface area contributed by atoms with Gasteiger partial charge in [0, 0.05) is 6.54 Å². The number of benzene rings is 1. The largest absolute Gasteiger partial charge is 0.468 e. The normalized spacial score (nSPS) is 14.2. The van der Waals surface area contributed by atoms with Gasteiger partial charge in [-0.2, -0.15) is 0 Å². The van der Waals surface area contributed by atoms with Gasteiger partial charge in [0.25, 0.3) is 0 Å². The fourth-order valence-corrected chi connectivity index (χ4v) is 3.18. The molecule has 0 saturated heterocycles. The minimum Gasteiger partial charge on any atom is -0.468 e. The molecule has 0 spiro atoms. The van der Waals surface area contributed by atoms with Gasteiger partial charge in [0.05, 0.1) is 23.9 Å². The van der Waals surface area contributed by atoms with Crippen molar-refractivity contribution in [2.24, 2.45) is 16.7 Å². The zero-order valence-electron chi connectivity index (χ0n) is 24.6. The topological polar surface area (TPSA) is 117 Å². The van der Waals surface area contributed by atoms with E-state index in [9.17, 15) is 19.2 Å². The molecule has 3 atom stereocenters. The highest BCUT2D eigenvalue weighted by molar-refractivity contribution is 5.81. The minimum atomic E-state index is -0.792. The highest BCUT2D eigenvalue weighted by Crippen LogP contribution is 2.33. The Kier molecular flexibility index (Phi) is 12.4. The van der Waals surface area contributed by atoms with Crippen molar-refractivity contribution in [1.29, 1.82) is 0 Å². The van der Waals surface area contributed by atoms with E-state index in [0.717, 1.165) is 12.8 Å². The van der Waals surface area contributed by atoms with Crippen molar-refractivity contribution < 1.29 is 38.1 Å². The highest BCUT2D eigenvalue weighted by Gasteiger charge is 2.29. The first-order valence-electron chi connectivity index (χ1n) is 13.1. The summed E-state index contributed by atoms with van der Waals surface area (Å²) in [7, 11) is 1.29. The summed E-state index contributed by atoms with van der Waals surface area (Å²) >= 11 is 0. The Morgan fingerprint density at radius 2 is 1.42 bits per heavy atom. The predicted octanol–water partition coefficient (Wildman–Crippen LogP) is 4.63. The molecule has 0 aromatic heterocycles. The maximum Gasteiger partial charge on any atom is 0.323 e. The van der Waals surface area contributed by atoms with Crippen LogP contribution in [0.3, 0.4) is 0 Å². The minimum absolute atomic E-state index is 0.0795. The van der Waals surface area contributed by atoms with E-state index in [1.54, 1.807) is 60.6 Å². The van der Waals surface area contributed by atoms with Crippen molar-refractivity contribution >= 4 is 23.9 Å². The first-order valence-corrected chi connectivity index (χ1v) is 13.1. The van der Waals surface area contributed by atoms with Crippen molar-refractivity contribution in [3.05, 3.63) is 23.8 Å². The lowest BCUT2D eigenvalue weighted by atomic mass is 9.97. The van der Waals surface area contributed by atoms with Crippen LogP contribution in [0, 0.1) is 16.7 Å². The molecule has 0 bridgehead atoms. The quantitative estimate of drug-likeness (QED) is 0.302. The van der Waals surface area contributed by atoms with Gasteiger partial charge >= 0.3 is 23.9 Å². The zero-order chi connectivity index (χ0) is 29.3. The Labute approximate surface area is 226 Å². The lowest BCUT2D eigenvalue weighted by Crippen LogP contribution is -2.43. The monoisotopic (exact) mass is 535 g/mol. The lowest BCUT2D eigenvalue weighted by molar-refractivity contribution is -0.153. The SMILES string of the molecule is CCCC(C)C(=O)OC(C)CN[C@@H](Cc1ccc(OC(=O)C(C)(C)C)c(OC(=O)C(C)(C)C)c1)C(=O)OC. The van der Waals surface area contributed by atoms with Crippen molar-refractivity contribution in [1.82, 2.24) is 5.32 Å². The number of ether oxygens (including phenoxy) is 4. The highest BCUT2D eigenvalue weighted by atomic mass is 16.6. The Balaban J connectivity index is 3.12. The summed E-state index contributed by atoms with van der Waals surface area (Å²) in [4.78, 5) is 49.8. The average Bonchev–Trinajstić information content (AvgIpc) is 2.81. The fourth-order valence-electron chi connectivity index (χ4n) is 3.18. The maximum atomic E-state index is 12.6. The summed E-state index contributed by atoms with van der Waals surface area (Å²) in [6.07, 6.45) is 1.35. The van der Waals surface area contributed by atoms with Crippen LogP contribution in [-0.2, 0) is 35.1 Å². The molecule has 1 aromatic rings. The molecule has 0 heterocycles. The molecule has 0 amide bonds. The van der Waals surface area contributed by atoms with Gasteiger partial charge in [0.2, 0.25) is 0 Å². The third kappa shape index (κ3) is 10.8. The van der Waals surface area contributed by atoms with Crippen LogP contribution >= 0.6 is 0 Å². The van der Waals surface area contributed by atoms with Crippen LogP contribution in [0.1, 0.15) is 80.7 Å². The molecule has 1 aromatic carbocycles. The number of rotatable bonds is 12. The second kappa shape index (κ2) is 14.3. The maximum absolute atomic E-state index is 12.6. The predicted molar refractivity (Wildman–Crippen MR) is 144 cm³/mol. The van der Waals surface area contributed by atoms with Crippen molar-refractivity contribution in [2.45, 2.75) is 93.7 Å². The van der Waals surface area contributed by atoms with E-state index in [0.29, 0.717) is 5.56 Å². The van der Waals surface area contributed by atoms with Crippen LogP contribution < -0.4 is 14.8 Å². The van der Waals surface area contributed by atoms with E-state index in [-0.39, 0.29) is 36.4 Å². The summed E-state index contributed by atoms with van der Waals surface area (Å²) in [5, 5.41) is 3.10. The van der Waals surface area contributed by atoms with Crippen LogP contribution in [0.4, 0.5) is 0 Å². The second-order valence-corrected chi connectivity index (χ2v) is 11.7. The Bertz CT molecular complexity index is 974. The van der Waals surface area contributed by atoms with Crippen molar-refractivity contribution in [2.75, 3.05) is 13.7 Å². The number of esters is 4. The molecule has 0 saturated carbocycles. The Morgan fingerprint density at radius 3 is 1.92 bits per heavy atom. The van der Waals surface area contributed by atoms with Gasteiger partial charge in [-0.15, -0.1) is 0 Å². The summed E-state index contributed by atoms with van der Waals surface area (Å²) < 4.78 is 21.6. The molecule has 0 aliphatic rings. The van der Waals surface area contributed by atoms with Gasteiger partial charge in [0.1, 0.15) is 12.1 Å². The molecular formula is C29H45NO8. The molecule has 9 heteroatoms. The number of carbonyl (C=O) groups excluding carboxylic acids is 4. The van der Waals surface area contributed by atoms with Crippen LogP contribution in [-0.4, -0.2) is 49.7 Å². The molecule has 1 rings (SSSR count). The van der Waals surface area contributed by atoms with Gasteiger partial charge in [-0.25, -0.2) is 0 Å². The average molecular weight is 536 g/mol. The molecule has 0 aliphatic heterocycles. The molecule has 38 heavy (non-hydrogen) atoms. The van der Waals surface area contributed by atoms with E-state index in [1.165, 1.54) is 13.2 Å². The molecule has 0 aliphatic carbocycles. The van der Waals surface area contributed by atoms with Crippen LogP contribution in [0.2, 0.25) is 0 Å². The van der Waals surface area contributed by atoms with E-state index in [4.69, 9.17) is 18.9 Å². The molecule has 0 radical (unpaired) electrons. The van der Waals surface area contributed by atoms with Crippen LogP contribution in [0.25, 0.3) is 0 Å². The van der Waals surface area contributed by atoms with Gasteiger partial charge < -0.3 is 24.3 Å². The Morgan fingerprint density at radius 1 is 0.868 bits per heavy atom. The van der Waals surface area contributed by atoms with E-state index >= 15 is 0 Å². The van der Waals surface area contributed by atoms with Gasteiger partial charge in [-0.3, -0.25) is 19.2 Å². The van der Waals surface area contributed by atoms with E-state index in [1.807, 2.05) is 13.8 Å². The van der Waals surface area contributed by atoms with E-state index < -0.39 is 40.9 Å². The first kappa shape index (κ1) is 33.1. The third-order valence-corrected chi connectivity index (χ3v) is 5.66. The molecule has 1 N–H and O–H groups in total. The summed E-state index contributed by atoms with van der Waals surface area (Å²) in [6.45, 7) is 16.1. The van der Waals surface area contributed by atoms with Crippen LogP contribution in [0.5, 0.6) is 11.5 Å². The number of methoxy groups -OCH3 is 1. The number of hydrogen-bond donors (Lipinski definition) is 1. The zero-order valence-corrected chi connectivity index (χ0v) is 24.6. The van der Waals surface area contributed by atoms with Gasteiger partial charge in [-0.05, 0) is 79.0 Å². The Hall–Kier alpha value is -2.94. The summed E-state index contributed by atoms with van der Waals surface area (Å²) in [5.41, 5.74) is -0.917. The van der Waals surface area contributed by atoms with Gasteiger partial charge in [0.15, 0.2) is 11.5 Å². The number of carbonyl (C=O) groups is 4. The smallest absolute Gasteiger partial charge is 0.323 e. The standard InChI is InChI=1S/C29H45NO8/c1-11-12-18(2)24(31)36-19(3)17-30-21(25(32)35-10)15-20-13-14-22(37-26(33)28(4,5)6)23(16-20)38-27(34)29(7,8)9/h13-14,16,18-19,21,30H,11-12,15,17H2,1-10H3/t18?,19?,21-/m0/s1. The molecule has 0 fully saturated rings. The first-order chi connectivity index (χ1) is 17.5. The molecule has 9 nitrogen and oxygen atoms in total. The molecule has 2 unspecified atom stereocenters. The molecular weight excluding hydrogens is 490 g/mol. The van der Waals surface area contributed by atoms with Crippen LogP contribution in [0.15, 0.2) is 18.2 Å². The molecule has 214 valence electrons. The lowest BCUT2D eigenvalue weighted by Gasteiger charge is -2.22. The second-order valence-electron chi connectivity index (χ2n) is 11.7. The van der Waals surface area contributed by atoms with E-state index in [2.05, 4.69) is 5.32 Å². The summed E-state index contributed by atoms with van der Waals surface area (Å²) in [6, 6.07) is 4.04. The van der Waals surface area contributed by atoms with Crippen molar-refractivity contribution in [3.63, 3.8) is 0 Å². The summed E-state index contributed by atoms with van der Waals surface area (Å²) in [5.74, 6) is -1.77. The fraction of sp³-hybridized carbons (Fsp3) is 0.655. The van der Waals surface area contributed by atoms with Gasteiger partial charge in [-0.1, -0.05) is 26.3 Å².